The summed E-state index contributed by atoms with van der Waals surface area (Å²) in [7, 11) is 1.68. The second-order valence-corrected chi connectivity index (χ2v) is 7.98. The van der Waals surface area contributed by atoms with Gasteiger partial charge in [0, 0.05) is 42.6 Å². The van der Waals surface area contributed by atoms with Gasteiger partial charge in [0.05, 0.1) is 22.1 Å². The molecule has 0 aliphatic carbocycles. The van der Waals surface area contributed by atoms with Crippen LogP contribution in [0.25, 0.3) is 0 Å². The number of nitrogens with zero attached hydrogens (tertiary/aromatic N) is 5. The molecule has 176 valence electrons. The number of non-ortho nitro benzene ring substituents is 2. The normalized spacial score (nSPS) is 10.5. The smallest absolute Gasteiger partial charge is 0.270 e. The van der Waals surface area contributed by atoms with Gasteiger partial charge in [0.2, 0.25) is 5.91 Å². The van der Waals surface area contributed by atoms with Crippen molar-refractivity contribution in [3.63, 3.8) is 0 Å². The van der Waals surface area contributed by atoms with E-state index in [9.17, 15) is 29.8 Å². The fourth-order valence-corrected chi connectivity index (χ4v) is 3.59. The molecule has 34 heavy (non-hydrogen) atoms. The number of carbonyl (C=O) groups excluding carboxylic acids is 2. The first kappa shape index (κ1) is 24.3. The number of benzene rings is 2. The van der Waals surface area contributed by atoms with Gasteiger partial charge in [-0.25, -0.2) is 0 Å². The van der Waals surface area contributed by atoms with Crippen molar-refractivity contribution < 1.29 is 19.4 Å². The average Bonchev–Trinajstić information content (AvgIpc) is 3.16. The van der Waals surface area contributed by atoms with Crippen LogP contribution in [0.4, 0.5) is 17.1 Å². The first-order chi connectivity index (χ1) is 16.2. The predicted octanol–water partition coefficient (Wildman–Crippen LogP) is 2.60. The van der Waals surface area contributed by atoms with Gasteiger partial charge in [-0.05, 0) is 24.6 Å². The molecule has 1 heterocycles. The number of amides is 2. The Bertz CT molecular complexity index is 1280. The van der Waals surface area contributed by atoms with Crippen molar-refractivity contribution in [2.24, 2.45) is 7.05 Å². The Morgan fingerprint density at radius 3 is 2.44 bits per heavy atom. The van der Waals surface area contributed by atoms with Crippen molar-refractivity contribution in [2.45, 2.75) is 18.6 Å². The molecule has 0 saturated carbocycles. The SMILES string of the molecule is Cc1cc([N+](=O)[O-])ccc1NC(=O)CSc1nnc(CNC(=O)c2cccc([N+](=O)[O-])c2)n1C. The largest absolute Gasteiger partial charge is 0.345 e. The molecule has 0 atom stereocenters. The third kappa shape index (κ3) is 5.92. The van der Waals surface area contributed by atoms with Crippen LogP contribution in [0, 0.1) is 27.2 Å². The number of hydrogen-bond donors (Lipinski definition) is 2. The van der Waals surface area contributed by atoms with Crippen LogP contribution in [-0.2, 0) is 18.4 Å². The summed E-state index contributed by atoms with van der Waals surface area (Å²) < 4.78 is 1.61. The summed E-state index contributed by atoms with van der Waals surface area (Å²) in [5, 5.41) is 35.5. The van der Waals surface area contributed by atoms with E-state index in [2.05, 4.69) is 20.8 Å². The molecule has 3 aromatic rings. The Balaban J connectivity index is 1.55. The molecule has 0 fully saturated rings. The van der Waals surface area contributed by atoms with Crippen LogP contribution in [0.1, 0.15) is 21.7 Å². The number of aryl methyl sites for hydroxylation is 1. The highest BCUT2D eigenvalue weighted by molar-refractivity contribution is 7.99. The number of rotatable bonds is 9. The Morgan fingerprint density at radius 2 is 1.76 bits per heavy atom. The molecule has 14 heteroatoms. The standard InChI is InChI=1S/C20H19N7O6S/c1-12-8-15(27(32)33)6-7-16(12)22-18(28)11-34-20-24-23-17(25(20)2)10-21-19(29)13-4-3-5-14(9-13)26(30)31/h3-9H,10-11H2,1-2H3,(H,21,29)(H,22,28). The Kier molecular flexibility index (Phi) is 7.53. The van der Waals surface area contributed by atoms with E-state index in [0.29, 0.717) is 22.2 Å². The molecule has 1 aromatic heterocycles. The van der Waals surface area contributed by atoms with Crippen molar-refractivity contribution in [1.82, 2.24) is 20.1 Å². The lowest BCUT2D eigenvalue weighted by Gasteiger charge is -2.08. The second kappa shape index (κ2) is 10.5. The predicted molar refractivity (Wildman–Crippen MR) is 122 cm³/mol. The van der Waals surface area contributed by atoms with Crippen molar-refractivity contribution in [2.75, 3.05) is 11.1 Å². The molecule has 2 aromatic carbocycles. The van der Waals surface area contributed by atoms with Crippen molar-refractivity contribution in [1.29, 1.82) is 0 Å². The highest BCUT2D eigenvalue weighted by Crippen LogP contribution is 2.22. The van der Waals surface area contributed by atoms with E-state index < -0.39 is 15.8 Å². The molecule has 0 radical (unpaired) electrons. The molecular formula is C20H19N7O6S. The van der Waals surface area contributed by atoms with Crippen molar-refractivity contribution in [3.8, 4) is 0 Å². The Hall–Kier alpha value is -4.33. The van der Waals surface area contributed by atoms with Crippen LogP contribution in [0.3, 0.4) is 0 Å². The number of thioether (sulfide) groups is 1. The van der Waals surface area contributed by atoms with Crippen molar-refractivity contribution in [3.05, 3.63) is 79.6 Å². The minimum Gasteiger partial charge on any atom is -0.345 e. The number of nitrogens with one attached hydrogen (secondary N) is 2. The second-order valence-electron chi connectivity index (χ2n) is 7.04. The van der Waals surface area contributed by atoms with E-state index >= 15 is 0 Å². The highest BCUT2D eigenvalue weighted by atomic mass is 32.2. The molecule has 0 spiro atoms. The summed E-state index contributed by atoms with van der Waals surface area (Å²) in [6.45, 7) is 1.69. The van der Waals surface area contributed by atoms with Gasteiger partial charge in [-0.2, -0.15) is 0 Å². The quantitative estimate of drug-likeness (QED) is 0.262. The van der Waals surface area contributed by atoms with Crippen LogP contribution in [0.15, 0.2) is 47.6 Å². The van der Waals surface area contributed by atoms with Gasteiger partial charge in [-0.15, -0.1) is 10.2 Å². The zero-order chi connectivity index (χ0) is 24.8. The monoisotopic (exact) mass is 485 g/mol. The number of aromatic nitrogens is 3. The molecule has 13 nitrogen and oxygen atoms in total. The first-order valence-electron chi connectivity index (χ1n) is 9.74. The summed E-state index contributed by atoms with van der Waals surface area (Å²) in [4.78, 5) is 45.2. The third-order valence-corrected chi connectivity index (χ3v) is 5.70. The zero-order valence-electron chi connectivity index (χ0n) is 18.0. The molecular weight excluding hydrogens is 466 g/mol. The molecule has 2 N–H and O–H groups in total. The Labute approximate surface area is 196 Å². The van der Waals surface area contributed by atoms with Gasteiger partial charge >= 0.3 is 0 Å². The topological polar surface area (TPSA) is 175 Å². The van der Waals surface area contributed by atoms with Gasteiger partial charge in [0.15, 0.2) is 11.0 Å². The maximum atomic E-state index is 12.3. The van der Waals surface area contributed by atoms with Crippen LogP contribution in [0.5, 0.6) is 0 Å². The molecule has 0 bridgehead atoms. The number of anilines is 1. The Morgan fingerprint density at radius 1 is 1.06 bits per heavy atom. The van der Waals surface area contributed by atoms with E-state index in [1.807, 2.05) is 0 Å². The zero-order valence-corrected chi connectivity index (χ0v) is 18.9. The minimum atomic E-state index is -0.581. The van der Waals surface area contributed by atoms with Gasteiger partial charge in [0.25, 0.3) is 17.3 Å². The lowest BCUT2D eigenvalue weighted by Crippen LogP contribution is -2.24. The maximum absolute atomic E-state index is 12.3. The van der Waals surface area contributed by atoms with Crippen LogP contribution in [-0.4, -0.2) is 42.2 Å². The lowest BCUT2D eigenvalue weighted by molar-refractivity contribution is -0.385. The molecule has 0 saturated heterocycles. The van der Waals surface area contributed by atoms with Crippen LogP contribution in [0.2, 0.25) is 0 Å². The molecule has 0 aliphatic heterocycles. The van der Waals surface area contributed by atoms with Gasteiger partial charge in [0.1, 0.15) is 0 Å². The first-order valence-corrected chi connectivity index (χ1v) is 10.7. The van der Waals surface area contributed by atoms with Crippen LogP contribution < -0.4 is 10.6 Å². The van der Waals surface area contributed by atoms with Crippen LogP contribution >= 0.6 is 11.8 Å². The van der Waals surface area contributed by atoms with E-state index in [0.717, 1.165) is 11.8 Å². The summed E-state index contributed by atoms with van der Waals surface area (Å²) >= 11 is 1.13. The average molecular weight is 485 g/mol. The number of nitro groups is 2. The fourth-order valence-electron chi connectivity index (χ4n) is 2.86. The van der Waals surface area contributed by atoms with E-state index in [1.54, 1.807) is 18.5 Å². The summed E-state index contributed by atoms with van der Waals surface area (Å²) in [6, 6.07) is 9.52. The molecule has 0 aliphatic rings. The maximum Gasteiger partial charge on any atom is 0.270 e. The molecule has 3 rings (SSSR count). The fraction of sp³-hybridized carbons (Fsp3) is 0.200. The van der Waals surface area contributed by atoms with Crippen molar-refractivity contribution >= 4 is 40.6 Å². The highest BCUT2D eigenvalue weighted by Gasteiger charge is 2.16. The van der Waals surface area contributed by atoms with E-state index in [1.165, 1.54) is 42.5 Å². The number of carbonyl (C=O) groups is 2. The summed E-state index contributed by atoms with van der Waals surface area (Å²) in [5.74, 6) is -0.389. The van der Waals surface area contributed by atoms with E-state index in [4.69, 9.17) is 0 Å². The van der Waals surface area contributed by atoms with Gasteiger partial charge in [-0.1, -0.05) is 17.8 Å². The van der Waals surface area contributed by atoms with Gasteiger partial charge in [-0.3, -0.25) is 29.8 Å². The molecule has 0 unspecified atom stereocenters. The van der Waals surface area contributed by atoms with Gasteiger partial charge < -0.3 is 15.2 Å². The number of hydrogen-bond acceptors (Lipinski definition) is 9. The molecule has 2 amide bonds. The third-order valence-electron chi connectivity index (χ3n) is 4.68. The summed E-state index contributed by atoms with van der Waals surface area (Å²) in [6.07, 6.45) is 0. The van der Waals surface area contributed by atoms with E-state index in [-0.39, 0.29) is 35.1 Å². The minimum absolute atomic E-state index is 0.0163. The summed E-state index contributed by atoms with van der Waals surface area (Å²) in [5.41, 5.74) is 0.928. The number of nitro benzene ring substituents is 2. The lowest BCUT2D eigenvalue weighted by atomic mass is 10.2.